The van der Waals surface area contributed by atoms with E-state index in [0.29, 0.717) is 5.82 Å². The smallest absolute Gasteiger partial charge is 0.181 e. The number of nitrogens with one attached hydrogen (secondary N) is 1. The molecule has 0 unspecified atom stereocenters. The first-order chi connectivity index (χ1) is 9.36. The summed E-state index contributed by atoms with van der Waals surface area (Å²) in [5.74, 6) is 1.43. The molecule has 0 aliphatic heterocycles. The molecule has 3 rings (SSSR count). The Morgan fingerprint density at radius 2 is 1.89 bits per heavy atom. The Bertz CT molecular complexity index is 665. The van der Waals surface area contributed by atoms with E-state index in [0.717, 1.165) is 22.8 Å². The lowest BCUT2D eigenvalue weighted by Gasteiger charge is -2.06. The molecule has 1 aromatic carbocycles. The summed E-state index contributed by atoms with van der Waals surface area (Å²) in [5, 5.41) is 5.01. The van der Waals surface area contributed by atoms with Crippen molar-refractivity contribution in [2.45, 2.75) is 0 Å². The molecule has 0 bridgehead atoms. The largest absolute Gasteiger partial charge is 0.373 e. The molecular formula is C14H12N4S. The molecule has 0 saturated carbocycles. The molecule has 2 heterocycles. The predicted molar refractivity (Wildman–Crippen MR) is 78.1 cm³/mol. The van der Waals surface area contributed by atoms with E-state index in [-0.39, 0.29) is 0 Å². The van der Waals surface area contributed by atoms with Crippen LogP contribution >= 0.6 is 11.3 Å². The summed E-state index contributed by atoms with van der Waals surface area (Å²) >= 11 is 1.54. The zero-order chi connectivity index (χ0) is 13.1. The van der Waals surface area contributed by atoms with Gasteiger partial charge in [-0.05, 0) is 0 Å². The molecule has 4 nitrogen and oxygen atoms in total. The minimum absolute atomic E-state index is 0.645. The molecule has 0 atom stereocenters. The Morgan fingerprint density at radius 1 is 1.05 bits per heavy atom. The molecular weight excluding hydrogens is 256 g/mol. The van der Waals surface area contributed by atoms with Gasteiger partial charge in [-0.25, -0.2) is 15.0 Å². The SMILES string of the molecule is CNc1cc(-c2ccccc2)nc(-c2cscn2)n1. The fourth-order valence-corrected chi connectivity index (χ4v) is 2.30. The Labute approximate surface area is 115 Å². The van der Waals surface area contributed by atoms with Crippen LogP contribution in [0.5, 0.6) is 0 Å². The third-order valence-corrected chi connectivity index (χ3v) is 3.30. The third kappa shape index (κ3) is 2.46. The van der Waals surface area contributed by atoms with E-state index in [1.807, 2.05) is 48.8 Å². The van der Waals surface area contributed by atoms with Crippen LogP contribution in [0.2, 0.25) is 0 Å². The van der Waals surface area contributed by atoms with Gasteiger partial charge in [-0.2, -0.15) is 0 Å². The molecule has 3 aromatic rings. The Morgan fingerprint density at radius 3 is 2.58 bits per heavy atom. The highest BCUT2D eigenvalue weighted by atomic mass is 32.1. The molecule has 2 aromatic heterocycles. The first-order valence-electron chi connectivity index (χ1n) is 5.87. The van der Waals surface area contributed by atoms with Crippen molar-refractivity contribution in [1.82, 2.24) is 15.0 Å². The first kappa shape index (κ1) is 11.8. The number of benzene rings is 1. The maximum Gasteiger partial charge on any atom is 0.181 e. The van der Waals surface area contributed by atoms with Crippen molar-refractivity contribution in [2.24, 2.45) is 0 Å². The van der Waals surface area contributed by atoms with Crippen molar-refractivity contribution in [3.8, 4) is 22.8 Å². The number of anilines is 1. The van der Waals surface area contributed by atoms with Crippen LogP contribution in [0, 0.1) is 0 Å². The Kier molecular flexibility index (Phi) is 3.20. The molecule has 1 N–H and O–H groups in total. The number of aromatic nitrogens is 3. The standard InChI is InChI=1S/C14H12N4S/c1-15-13-7-11(10-5-3-2-4-6-10)17-14(18-13)12-8-19-9-16-12/h2-9H,1H3,(H,15,17,18). The second-order valence-electron chi connectivity index (χ2n) is 3.95. The molecule has 0 spiro atoms. The van der Waals surface area contributed by atoms with Crippen molar-refractivity contribution in [3.05, 3.63) is 47.3 Å². The maximum absolute atomic E-state index is 4.59. The number of rotatable bonds is 3. The lowest BCUT2D eigenvalue weighted by atomic mass is 10.1. The summed E-state index contributed by atoms with van der Waals surface area (Å²) in [7, 11) is 1.85. The van der Waals surface area contributed by atoms with E-state index in [9.17, 15) is 0 Å². The van der Waals surface area contributed by atoms with Crippen molar-refractivity contribution < 1.29 is 0 Å². The van der Waals surface area contributed by atoms with Gasteiger partial charge in [0.05, 0.1) is 11.2 Å². The average Bonchev–Trinajstić information content (AvgIpc) is 3.02. The third-order valence-electron chi connectivity index (χ3n) is 2.71. The predicted octanol–water partition coefficient (Wildman–Crippen LogP) is 3.31. The van der Waals surface area contributed by atoms with Crippen LogP contribution in [-0.4, -0.2) is 22.0 Å². The van der Waals surface area contributed by atoms with Gasteiger partial charge in [0.1, 0.15) is 11.5 Å². The number of nitrogens with zero attached hydrogens (tertiary/aromatic N) is 3. The van der Waals surface area contributed by atoms with Gasteiger partial charge in [-0.3, -0.25) is 0 Å². The second-order valence-corrected chi connectivity index (χ2v) is 4.67. The highest BCUT2D eigenvalue weighted by Crippen LogP contribution is 2.23. The molecule has 0 fully saturated rings. The van der Waals surface area contributed by atoms with Gasteiger partial charge in [0.25, 0.3) is 0 Å². The topological polar surface area (TPSA) is 50.7 Å². The first-order valence-corrected chi connectivity index (χ1v) is 6.82. The zero-order valence-electron chi connectivity index (χ0n) is 10.4. The van der Waals surface area contributed by atoms with Gasteiger partial charge in [0.2, 0.25) is 0 Å². The number of hydrogen-bond donors (Lipinski definition) is 1. The summed E-state index contributed by atoms with van der Waals surface area (Å²) in [6.07, 6.45) is 0. The van der Waals surface area contributed by atoms with Crippen molar-refractivity contribution in [3.63, 3.8) is 0 Å². The van der Waals surface area contributed by atoms with Gasteiger partial charge in [0, 0.05) is 24.1 Å². The van der Waals surface area contributed by atoms with Crippen LogP contribution in [-0.2, 0) is 0 Å². The van der Waals surface area contributed by atoms with E-state index < -0.39 is 0 Å². The van der Waals surface area contributed by atoms with Gasteiger partial charge < -0.3 is 5.32 Å². The van der Waals surface area contributed by atoms with Gasteiger partial charge in [0.15, 0.2) is 5.82 Å². The molecule has 0 amide bonds. The average molecular weight is 268 g/mol. The summed E-state index contributed by atoms with van der Waals surface area (Å²) < 4.78 is 0. The summed E-state index contributed by atoms with van der Waals surface area (Å²) in [4.78, 5) is 13.3. The van der Waals surface area contributed by atoms with Crippen molar-refractivity contribution >= 4 is 17.2 Å². The number of hydrogen-bond acceptors (Lipinski definition) is 5. The fraction of sp³-hybridized carbons (Fsp3) is 0.0714. The molecule has 0 aliphatic carbocycles. The second kappa shape index (κ2) is 5.16. The van der Waals surface area contributed by atoms with E-state index in [1.54, 1.807) is 5.51 Å². The maximum atomic E-state index is 4.59. The molecule has 0 radical (unpaired) electrons. The van der Waals surface area contributed by atoms with E-state index >= 15 is 0 Å². The highest BCUT2D eigenvalue weighted by Gasteiger charge is 2.09. The van der Waals surface area contributed by atoms with Crippen LogP contribution in [0.1, 0.15) is 0 Å². The van der Waals surface area contributed by atoms with E-state index in [4.69, 9.17) is 0 Å². The quantitative estimate of drug-likeness (QED) is 0.791. The monoisotopic (exact) mass is 268 g/mol. The van der Waals surface area contributed by atoms with Crippen LogP contribution in [0.25, 0.3) is 22.8 Å². The molecule has 19 heavy (non-hydrogen) atoms. The summed E-state index contributed by atoms with van der Waals surface area (Å²) in [6.45, 7) is 0. The van der Waals surface area contributed by atoms with Crippen LogP contribution in [0.15, 0.2) is 47.3 Å². The van der Waals surface area contributed by atoms with Crippen LogP contribution in [0.3, 0.4) is 0 Å². The van der Waals surface area contributed by atoms with Gasteiger partial charge >= 0.3 is 0 Å². The van der Waals surface area contributed by atoms with Crippen LogP contribution < -0.4 is 5.32 Å². The summed E-state index contributed by atoms with van der Waals surface area (Å²) in [6, 6.07) is 12.0. The lowest BCUT2D eigenvalue weighted by Crippen LogP contribution is -1.98. The molecule has 5 heteroatoms. The van der Waals surface area contributed by atoms with E-state index in [2.05, 4.69) is 20.3 Å². The molecule has 94 valence electrons. The lowest BCUT2D eigenvalue weighted by molar-refractivity contribution is 1.15. The fourth-order valence-electron chi connectivity index (χ4n) is 1.77. The zero-order valence-corrected chi connectivity index (χ0v) is 11.2. The van der Waals surface area contributed by atoms with Crippen molar-refractivity contribution in [2.75, 3.05) is 12.4 Å². The number of thiazole rings is 1. The Balaban J connectivity index is 2.13. The highest BCUT2D eigenvalue weighted by molar-refractivity contribution is 7.07. The van der Waals surface area contributed by atoms with Crippen molar-refractivity contribution in [1.29, 1.82) is 0 Å². The molecule has 0 aliphatic rings. The van der Waals surface area contributed by atoms with E-state index in [1.165, 1.54) is 11.3 Å². The molecule has 0 saturated heterocycles. The van der Waals surface area contributed by atoms with Crippen LogP contribution in [0.4, 0.5) is 5.82 Å². The summed E-state index contributed by atoms with van der Waals surface area (Å²) in [5.41, 5.74) is 4.55. The minimum Gasteiger partial charge on any atom is -0.373 e. The normalized spacial score (nSPS) is 10.4. The van der Waals surface area contributed by atoms with Gasteiger partial charge in [-0.1, -0.05) is 30.3 Å². The Hall–Kier alpha value is -2.27. The minimum atomic E-state index is 0.645. The van der Waals surface area contributed by atoms with Gasteiger partial charge in [-0.15, -0.1) is 11.3 Å².